The lowest BCUT2D eigenvalue weighted by molar-refractivity contribution is -0.141. The van der Waals surface area contributed by atoms with Gasteiger partial charge in [-0.15, -0.1) is 0 Å². The summed E-state index contributed by atoms with van der Waals surface area (Å²) in [7, 11) is 0. The van der Waals surface area contributed by atoms with E-state index < -0.39 is 17.9 Å². The van der Waals surface area contributed by atoms with E-state index in [9.17, 15) is 19.5 Å². The van der Waals surface area contributed by atoms with Crippen molar-refractivity contribution in [3.8, 4) is 0 Å². The first kappa shape index (κ1) is 19.5. The number of nitrogens with one attached hydrogen (secondary N) is 3. The zero-order valence-corrected chi connectivity index (χ0v) is 15.0. The Morgan fingerprint density at radius 1 is 1.15 bits per heavy atom. The summed E-state index contributed by atoms with van der Waals surface area (Å²) in [6, 6.07) is 6.51. The molecule has 2 rings (SSSR count). The van der Waals surface area contributed by atoms with Crippen LogP contribution in [0.1, 0.15) is 32.3 Å². The second-order valence-corrected chi connectivity index (χ2v) is 6.73. The molecule has 4 N–H and O–H groups in total. The quantitative estimate of drug-likeness (QED) is 0.547. The third kappa shape index (κ3) is 5.61. The molecule has 7 nitrogen and oxygen atoms in total. The molecular formula is C19H25N3O4. The number of aromatic nitrogens is 1. The molecule has 0 aliphatic rings. The topological polar surface area (TPSA) is 111 Å². The molecule has 0 radical (unpaired) electrons. The van der Waals surface area contributed by atoms with Gasteiger partial charge in [0.25, 0.3) is 0 Å². The maximum Gasteiger partial charge on any atom is 0.326 e. The Morgan fingerprint density at radius 2 is 1.88 bits per heavy atom. The molecule has 0 saturated heterocycles. The van der Waals surface area contributed by atoms with Crippen LogP contribution in [-0.4, -0.2) is 40.5 Å². The average Bonchev–Trinajstić information content (AvgIpc) is 3.00. The molecule has 0 bridgehead atoms. The Hall–Kier alpha value is -2.83. The highest BCUT2D eigenvalue weighted by molar-refractivity contribution is 5.89. The minimum Gasteiger partial charge on any atom is -0.480 e. The summed E-state index contributed by atoms with van der Waals surface area (Å²) in [5, 5.41) is 15.3. The number of aliphatic carboxylic acids is 1. The molecule has 1 heterocycles. The van der Waals surface area contributed by atoms with Gasteiger partial charge in [-0.05, 0) is 24.0 Å². The monoisotopic (exact) mass is 359 g/mol. The van der Waals surface area contributed by atoms with Crippen molar-refractivity contribution in [2.24, 2.45) is 5.92 Å². The van der Waals surface area contributed by atoms with Gasteiger partial charge in [-0.1, -0.05) is 32.0 Å². The number of carbonyl (C=O) groups is 3. The number of hydrogen-bond donors (Lipinski definition) is 4. The van der Waals surface area contributed by atoms with Crippen molar-refractivity contribution >= 4 is 28.7 Å². The molecule has 1 aromatic carbocycles. The smallest absolute Gasteiger partial charge is 0.326 e. The van der Waals surface area contributed by atoms with Crippen LogP contribution in [0.3, 0.4) is 0 Å². The number of hydrogen-bond acceptors (Lipinski definition) is 3. The van der Waals surface area contributed by atoms with Gasteiger partial charge in [0.05, 0.1) is 6.54 Å². The standard InChI is InChI=1S/C19H25N3O4/c1-12(2)7-8-17(23)21-11-18(24)22-16(19(25)26)9-13-10-20-15-6-4-3-5-14(13)15/h3-6,10,12,16,20H,7-9,11H2,1-2H3,(H,21,23)(H,22,24)(H,25,26)/t16-/m0/s1. The lowest BCUT2D eigenvalue weighted by Gasteiger charge is -2.15. The highest BCUT2D eigenvalue weighted by atomic mass is 16.4. The fourth-order valence-electron chi connectivity index (χ4n) is 2.65. The van der Waals surface area contributed by atoms with Crippen molar-refractivity contribution in [2.75, 3.05) is 6.54 Å². The predicted molar refractivity (Wildman–Crippen MR) is 98.7 cm³/mol. The minimum atomic E-state index is -1.12. The number of H-pyrrole nitrogens is 1. The number of para-hydroxylation sites is 1. The molecule has 140 valence electrons. The molecule has 0 saturated carbocycles. The zero-order chi connectivity index (χ0) is 19.1. The Bertz CT molecular complexity index is 782. The van der Waals surface area contributed by atoms with E-state index in [1.807, 2.05) is 38.1 Å². The second kappa shape index (κ2) is 9.03. The first-order valence-corrected chi connectivity index (χ1v) is 8.70. The van der Waals surface area contributed by atoms with Gasteiger partial charge < -0.3 is 20.7 Å². The maximum absolute atomic E-state index is 12.0. The van der Waals surface area contributed by atoms with Gasteiger partial charge in [0, 0.05) is 29.9 Å². The molecule has 26 heavy (non-hydrogen) atoms. The molecule has 0 spiro atoms. The van der Waals surface area contributed by atoms with Crippen LogP contribution in [0.2, 0.25) is 0 Å². The van der Waals surface area contributed by atoms with Gasteiger partial charge in [-0.2, -0.15) is 0 Å². The van der Waals surface area contributed by atoms with Gasteiger partial charge in [-0.25, -0.2) is 4.79 Å². The maximum atomic E-state index is 12.0. The predicted octanol–water partition coefficient (Wildman–Crippen LogP) is 1.83. The third-order valence-corrected chi connectivity index (χ3v) is 4.13. The number of amides is 2. The Morgan fingerprint density at radius 3 is 2.58 bits per heavy atom. The normalized spacial score (nSPS) is 12.1. The Kier molecular flexibility index (Phi) is 6.77. The molecule has 1 aromatic heterocycles. The molecule has 0 aliphatic carbocycles. The number of carboxylic acid groups (broad SMARTS) is 1. The highest BCUT2D eigenvalue weighted by Crippen LogP contribution is 2.19. The second-order valence-electron chi connectivity index (χ2n) is 6.73. The fourth-order valence-corrected chi connectivity index (χ4v) is 2.65. The van der Waals surface area contributed by atoms with E-state index in [0.29, 0.717) is 12.3 Å². The summed E-state index contributed by atoms with van der Waals surface area (Å²) in [5.74, 6) is -1.44. The van der Waals surface area contributed by atoms with Crippen LogP contribution >= 0.6 is 0 Å². The van der Waals surface area contributed by atoms with Crippen LogP contribution in [0.25, 0.3) is 10.9 Å². The van der Waals surface area contributed by atoms with E-state index in [1.54, 1.807) is 6.20 Å². The van der Waals surface area contributed by atoms with Crippen LogP contribution in [0, 0.1) is 5.92 Å². The molecule has 2 amide bonds. The van der Waals surface area contributed by atoms with Gasteiger partial charge in [0.2, 0.25) is 11.8 Å². The van der Waals surface area contributed by atoms with E-state index in [0.717, 1.165) is 22.9 Å². The molecule has 1 atom stereocenters. The zero-order valence-electron chi connectivity index (χ0n) is 15.0. The number of aromatic amines is 1. The SMILES string of the molecule is CC(C)CCC(=O)NCC(=O)N[C@@H](Cc1c[nH]c2ccccc12)C(=O)O. The third-order valence-electron chi connectivity index (χ3n) is 4.13. The lowest BCUT2D eigenvalue weighted by Crippen LogP contribution is -2.46. The molecule has 0 aliphatic heterocycles. The minimum absolute atomic E-state index is 0.159. The first-order valence-electron chi connectivity index (χ1n) is 8.70. The molecular weight excluding hydrogens is 334 g/mol. The van der Waals surface area contributed by atoms with E-state index in [1.165, 1.54) is 0 Å². The van der Waals surface area contributed by atoms with Crippen molar-refractivity contribution in [1.82, 2.24) is 15.6 Å². The summed E-state index contributed by atoms with van der Waals surface area (Å²) >= 11 is 0. The van der Waals surface area contributed by atoms with Crippen LogP contribution in [0.4, 0.5) is 0 Å². The van der Waals surface area contributed by atoms with Crippen LogP contribution in [0.15, 0.2) is 30.5 Å². The van der Waals surface area contributed by atoms with E-state index in [-0.39, 0.29) is 18.9 Å². The van der Waals surface area contributed by atoms with Gasteiger partial charge in [-0.3, -0.25) is 9.59 Å². The Balaban J connectivity index is 1.90. The van der Waals surface area contributed by atoms with Crippen LogP contribution in [-0.2, 0) is 20.8 Å². The summed E-state index contributed by atoms with van der Waals surface area (Å²) in [6.07, 6.45) is 3.00. The summed E-state index contributed by atoms with van der Waals surface area (Å²) < 4.78 is 0. The van der Waals surface area contributed by atoms with E-state index in [4.69, 9.17) is 0 Å². The number of benzene rings is 1. The molecule has 0 fully saturated rings. The molecule has 7 heteroatoms. The van der Waals surface area contributed by atoms with Gasteiger partial charge in [0.15, 0.2) is 0 Å². The number of carboxylic acids is 1. The highest BCUT2D eigenvalue weighted by Gasteiger charge is 2.22. The van der Waals surface area contributed by atoms with Crippen molar-refractivity contribution in [3.63, 3.8) is 0 Å². The first-order chi connectivity index (χ1) is 12.4. The van der Waals surface area contributed by atoms with Crippen molar-refractivity contribution < 1.29 is 19.5 Å². The van der Waals surface area contributed by atoms with Crippen LogP contribution in [0.5, 0.6) is 0 Å². The Labute approximate surface area is 152 Å². The van der Waals surface area contributed by atoms with Crippen LogP contribution < -0.4 is 10.6 Å². The summed E-state index contributed by atoms with van der Waals surface area (Å²) in [5.41, 5.74) is 1.73. The summed E-state index contributed by atoms with van der Waals surface area (Å²) in [6.45, 7) is 3.80. The van der Waals surface area contributed by atoms with E-state index in [2.05, 4.69) is 15.6 Å². The molecule has 2 aromatic rings. The lowest BCUT2D eigenvalue weighted by atomic mass is 10.0. The van der Waals surface area contributed by atoms with E-state index >= 15 is 0 Å². The molecule has 0 unspecified atom stereocenters. The van der Waals surface area contributed by atoms with Gasteiger partial charge >= 0.3 is 5.97 Å². The van der Waals surface area contributed by atoms with Gasteiger partial charge in [0.1, 0.15) is 6.04 Å². The average molecular weight is 359 g/mol. The van der Waals surface area contributed by atoms with Crippen molar-refractivity contribution in [2.45, 2.75) is 39.2 Å². The largest absolute Gasteiger partial charge is 0.480 e. The fraction of sp³-hybridized carbons (Fsp3) is 0.421. The van der Waals surface area contributed by atoms with Crippen molar-refractivity contribution in [1.29, 1.82) is 0 Å². The number of carbonyl (C=O) groups excluding carboxylic acids is 2. The van der Waals surface area contributed by atoms with Crippen molar-refractivity contribution in [3.05, 3.63) is 36.0 Å². The number of fused-ring (bicyclic) bond motifs is 1. The number of rotatable bonds is 9. The summed E-state index contributed by atoms with van der Waals surface area (Å²) in [4.78, 5) is 38.2.